The van der Waals surface area contributed by atoms with Crippen LogP contribution in [-0.2, 0) is 11.3 Å². The van der Waals surface area contributed by atoms with Crippen LogP contribution in [0.1, 0.15) is 25.1 Å². The number of hydrogen-bond donors (Lipinski definition) is 2. The molecule has 2 heterocycles. The van der Waals surface area contributed by atoms with Gasteiger partial charge in [-0.05, 0) is 33.3 Å². The Labute approximate surface area is 123 Å². The van der Waals surface area contributed by atoms with Crippen LogP contribution in [0.4, 0.5) is 5.88 Å². The van der Waals surface area contributed by atoms with Crippen molar-refractivity contribution in [3.8, 4) is 0 Å². The van der Waals surface area contributed by atoms with Gasteiger partial charge < -0.3 is 9.84 Å². The van der Waals surface area contributed by atoms with Gasteiger partial charge in [0.05, 0.1) is 24.5 Å². The van der Waals surface area contributed by atoms with Gasteiger partial charge in [-0.1, -0.05) is 5.16 Å². The number of aromatic nitrogens is 3. The fourth-order valence-electron chi connectivity index (χ4n) is 2.05. The molecule has 0 saturated carbocycles. The predicted octanol–water partition coefficient (Wildman–Crippen LogP) is 1.49. The van der Waals surface area contributed by atoms with Gasteiger partial charge in [-0.2, -0.15) is 5.10 Å². The summed E-state index contributed by atoms with van der Waals surface area (Å²) in [6.07, 6.45) is 3.79. The molecule has 0 bridgehead atoms. The van der Waals surface area contributed by atoms with E-state index in [0.717, 1.165) is 11.3 Å². The Morgan fingerprint density at radius 3 is 2.76 bits per heavy atom. The van der Waals surface area contributed by atoms with Crippen LogP contribution < -0.4 is 10.6 Å². The first-order valence-electron chi connectivity index (χ1n) is 6.93. The van der Waals surface area contributed by atoms with E-state index in [2.05, 4.69) is 20.9 Å². The minimum Gasteiger partial charge on any atom is -0.338 e. The van der Waals surface area contributed by atoms with Gasteiger partial charge >= 0.3 is 0 Å². The summed E-state index contributed by atoms with van der Waals surface area (Å²) >= 11 is 0. The van der Waals surface area contributed by atoms with E-state index in [0.29, 0.717) is 12.4 Å². The maximum Gasteiger partial charge on any atom is 0.243 e. The Morgan fingerprint density at radius 1 is 1.43 bits per heavy atom. The quantitative estimate of drug-likeness (QED) is 0.842. The van der Waals surface area contributed by atoms with Gasteiger partial charge in [0.15, 0.2) is 0 Å². The third-order valence-corrected chi connectivity index (χ3v) is 3.03. The summed E-state index contributed by atoms with van der Waals surface area (Å²) in [6.45, 7) is 8.32. The molecule has 1 amide bonds. The second-order valence-electron chi connectivity index (χ2n) is 5.35. The molecule has 114 valence electrons. The second-order valence-corrected chi connectivity index (χ2v) is 5.35. The van der Waals surface area contributed by atoms with E-state index in [4.69, 9.17) is 4.52 Å². The number of aryl methyl sites for hydroxylation is 2. The molecule has 0 aliphatic carbocycles. The summed E-state index contributed by atoms with van der Waals surface area (Å²) in [5.41, 5.74) is 1.85. The Bertz CT molecular complexity index is 604. The lowest BCUT2D eigenvalue weighted by Crippen LogP contribution is -2.44. The summed E-state index contributed by atoms with van der Waals surface area (Å²) in [7, 11) is 0. The van der Waals surface area contributed by atoms with Crippen molar-refractivity contribution in [1.29, 1.82) is 0 Å². The van der Waals surface area contributed by atoms with Crippen molar-refractivity contribution < 1.29 is 9.32 Å². The molecular weight excluding hydrogens is 270 g/mol. The molecule has 0 aromatic carbocycles. The lowest BCUT2D eigenvalue weighted by atomic mass is 10.2. The molecule has 2 aromatic heterocycles. The fourth-order valence-corrected chi connectivity index (χ4v) is 2.05. The Morgan fingerprint density at radius 2 is 2.19 bits per heavy atom. The molecule has 0 aliphatic rings. The lowest BCUT2D eigenvalue weighted by molar-refractivity contribution is -0.118. The molecule has 0 fully saturated rings. The van der Waals surface area contributed by atoms with Gasteiger partial charge in [-0.25, -0.2) is 0 Å². The summed E-state index contributed by atoms with van der Waals surface area (Å²) in [4.78, 5) is 12.0. The van der Waals surface area contributed by atoms with Crippen LogP contribution in [0.2, 0.25) is 0 Å². The SMILES string of the molecule is Cc1cnn(C[C@H](C)N[C@@H](C)C(=O)Nc2cc(C)no2)c1. The summed E-state index contributed by atoms with van der Waals surface area (Å²) in [5, 5.41) is 13.9. The molecule has 0 unspecified atom stereocenters. The smallest absolute Gasteiger partial charge is 0.243 e. The molecule has 0 aliphatic heterocycles. The predicted molar refractivity (Wildman–Crippen MR) is 78.9 cm³/mol. The zero-order valence-corrected chi connectivity index (χ0v) is 12.8. The highest BCUT2D eigenvalue weighted by molar-refractivity contribution is 5.93. The normalized spacial score (nSPS) is 13.9. The van der Waals surface area contributed by atoms with Gasteiger partial charge in [0.2, 0.25) is 11.8 Å². The molecule has 2 rings (SSSR count). The minimum absolute atomic E-state index is 0.113. The Hall–Kier alpha value is -2.15. The number of amides is 1. The topological polar surface area (TPSA) is 85.0 Å². The molecule has 2 atom stereocenters. The average molecular weight is 291 g/mol. The molecule has 2 aromatic rings. The van der Waals surface area contributed by atoms with E-state index in [1.54, 1.807) is 13.0 Å². The number of nitrogens with zero attached hydrogens (tertiary/aromatic N) is 3. The van der Waals surface area contributed by atoms with Crippen molar-refractivity contribution in [1.82, 2.24) is 20.3 Å². The number of carbonyl (C=O) groups is 1. The summed E-state index contributed by atoms with van der Waals surface area (Å²) in [5.74, 6) is 0.205. The molecule has 7 heteroatoms. The number of nitrogens with one attached hydrogen (secondary N) is 2. The van der Waals surface area contributed by atoms with Gasteiger partial charge in [-0.3, -0.25) is 14.8 Å². The van der Waals surface area contributed by atoms with Crippen LogP contribution in [-0.4, -0.2) is 32.9 Å². The van der Waals surface area contributed by atoms with Crippen molar-refractivity contribution >= 4 is 11.8 Å². The fraction of sp³-hybridized carbons (Fsp3) is 0.500. The van der Waals surface area contributed by atoms with Crippen molar-refractivity contribution in [2.45, 2.75) is 46.3 Å². The van der Waals surface area contributed by atoms with Crippen LogP contribution >= 0.6 is 0 Å². The van der Waals surface area contributed by atoms with E-state index in [1.165, 1.54) is 0 Å². The van der Waals surface area contributed by atoms with Gasteiger partial charge in [-0.15, -0.1) is 0 Å². The number of hydrogen-bond acceptors (Lipinski definition) is 5. The number of carbonyl (C=O) groups excluding carboxylic acids is 1. The molecule has 0 radical (unpaired) electrons. The Balaban J connectivity index is 1.82. The van der Waals surface area contributed by atoms with E-state index in [9.17, 15) is 4.79 Å². The van der Waals surface area contributed by atoms with Crippen molar-refractivity contribution in [2.75, 3.05) is 5.32 Å². The molecule has 0 spiro atoms. The molecule has 21 heavy (non-hydrogen) atoms. The van der Waals surface area contributed by atoms with E-state index < -0.39 is 0 Å². The zero-order valence-electron chi connectivity index (χ0n) is 12.8. The summed E-state index contributed by atoms with van der Waals surface area (Å²) in [6, 6.07) is 1.45. The van der Waals surface area contributed by atoms with Crippen LogP contribution in [0.25, 0.3) is 0 Å². The molecule has 2 N–H and O–H groups in total. The number of rotatable bonds is 6. The third-order valence-electron chi connectivity index (χ3n) is 3.03. The second kappa shape index (κ2) is 6.53. The molecule has 0 saturated heterocycles. The van der Waals surface area contributed by atoms with Gasteiger partial charge in [0.1, 0.15) is 0 Å². The largest absolute Gasteiger partial charge is 0.338 e. The average Bonchev–Trinajstić information content (AvgIpc) is 2.98. The zero-order chi connectivity index (χ0) is 15.4. The highest BCUT2D eigenvalue weighted by atomic mass is 16.5. The van der Waals surface area contributed by atoms with Gasteiger partial charge in [0.25, 0.3) is 0 Å². The van der Waals surface area contributed by atoms with Crippen LogP contribution in [0.5, 0.6) is 0 Å². The first kappa shape index (κ1) is 15.2. The minimum atomic E-state index is -0.345. The van der Waals surface area contributed by atoms with Crippen molar-refractivity contribution in [3.05, 3.63) is 29.7 Å². The maximum atomic E-state index is 12.0. The van der Waals surface area contributed by atoms with E-state index in [1.807, 2.05) is 37.8 Å². The maximum absolute atomic E-state index is 12.0. The summed E-state index contributed by atoms with van der Waals surface area (Å²) < 4.78 is 6.82. The lowest BCUT2D eigenvalue weighted by Gasteiger charge is -2.19. The van der Waals surface area contributed by atoms with Crippen molar-refractivity contribution in [3.63, 3.8) is 0 Å². The highest BCUT2D eigenvalue weighted by Gasteiger charge is 2.17. The van der Waals surface area contributed by atoms with Crippen LogP contribution in [0.3, 0.4) is 0 Å². The first-order chi connectivity index (χ1) is 9.94. The standard InChI is InChI=1S/C14H21N5O2/c1-9-6-15-19(7-9)8-11(3)16-12(4)14(20)17-13-5-10(2)18-21-13/h5-7,11-12,16H,8H2,1-4H3,(H,17,20)/t11-,12-/m0/s1. The molecule has 7 nitrogen and oxygen atoms in total. The van der Waals surface area contributed by atoms with Crippen molar-refractivity contribution in [2.24, 2.45) is 0 Å². The van der Waals surface area contributed by atoms with Crippen LogP contribution in [0.15, 0.2) is 23.0 Å². The number of anilines is 1. The highest BCUT2D eigenvalue weighted by Crippen LogP contribution is 2.08. The van der Waals surface area contributed by atoms with E-state index >= 15 is 0 Å². The molecular formula is C14H21N5O2. The monoisotopic (exact) mass is 291 g/mol. The van der Waals surface area contributed by atoms with Crippen LogP contribution in [0, 0.1) is 13.8 Å². The first-order valence-corrected chi connectivity index (χ1v) is 6.93. The van der Waals surface area contributed by atoms with E-state index in [-0.39, 0.29) is 18.0 Å². The third kappa shape index (κ3) is 4.42. The Kier molecular flexibility index (Phi) is 4.74. The van der Waals surface area contributed by atoms with Gasteiger partial charge in [0, 0.05) is 18.3 Å².